The molecule has 5 N–H and O–H groups in total. The molecule has 326 valence electrons. The van der Waals surface area contributed by atoms with Crippen molar-refractivity contribution in [3.8, 4) is 11.3 Å². The summed E-state index contributed by atoms with van der Waals surface area (Å²) in [5.74, 6) is -1.98. The summed E-state index contributed by atoms with van der Waals surface area (Å²) in [5.41, 5.74) is 3.88. The molecule has 1 saturated heterocycles. The maximum absolute atomic E-state index is 14.4. The molecule has 1 unspecified atom stereocenters. The number of aliphatic hydroxyl groups is 1. The Morgan fingerprint density at radius 2 is 1.64 bits per heavy atom. The molecular formula is C46H59N7O7S. The second kappa shape index (κ2) is 20.7. The molecule has 0 aliphatic carbocycles. The van der Waals surface area contributed by atoms with Gasteiger partial charge in [0.2, 0.25) is 11.8 Å². The van der Waals surface area contributed by atoms with Gasteiger partial charge in [-0.2, -0.15) is 0 Å². The third-order valence-corrected chi connectivity index (χ3v) is 12.3. The molecule has 1 aliphatic heterocycles. The zero-order valence-corrected chi connectivity index (χ0v) is 36.9. The second-order valence-electron chi connectivity index (χ2n) is 17.1. The molecule has 5 rings (SSSR count). The topological polar surface area (TPSA) is 194 Å². The zero-order valence-electron chi connectivity index (χ0n) is 36.1. The number of aromatic nitrogens is 2. The highest BCUT2D eigenvalue weighted by Gasteiger charge is 2.44. The Labute approximate surface area is 362 Å². The highest BCUT2D eigenvalue weighted by molar-refractivity contribution is 7.09. The fraction of sp³-hybridized carbons (Fsp3) is 0.457. The highest BCUT2D eigenvalue weighted by Crippen LogP contribution is 2.34. The Balaban J connectivity index is 1.38. The number of hydrogen-bond donors (Lipinski definition) is 5. The van der Waals surface area contributed by atoms with E-state index in [-0.39, 0.29) is 37.9 Å². The number of aliphatic hydroxyl groups excluding tert-OH is 1. The van der Waals surface area contributed by atoms with Gasteiger partial charge < -0.3 is 31.1 Å². The molecule has 4 aromatic rings. The Bertz CT molecular complexity index is 2140. The van der Waals surface area contributed by atoms with Gasteiger partial charge in [-0.05, 0) is 59.9 Å². The molecule has 61 heavy (non-hydrogen) atoms. The summed E-state index contributed by atoms with van der Waals surface area (Å²) in [4.78, 5) is 77.8. The first kappa shape index (κ1) is 46.4. The lowest BCUT2D eigenvalue weighted by atomic mass is 9.84. The third kappa shape index (κ3) is 12.0. The number of anilines is 1. The van der Waals surface area contributed by atoms with E-state index in [1.165, 1.54) is 16.2 Å². The molecule has 6 amide bonds. The van der Waals surface area contributed by atoms with Crippen LogP contribution in [-0.4, -0.2) is 91.1 Å². The number of hydrogen-bond acceptors (Lipinski definition) is 9. The van der Waals surface area contributed by atoms with Crippen LogP contribution in [0.5, 0.6) is 0 Å². The summed E-state index contributed by atoms with van der Waals surface area (Å²) < 4.78 is 0. The lowest BCUT2D eigenvalue weighted by Gasteiger charge is -2.32. The number of pyridine rings is 1. The summed E-state index contributed by atoms with van der Waals surface area (Å²) in [6, 6.07) is 18.5. The van der Waals surface area contributed by atoms with E-state index in [0.717, 1.165) is 26.7 Å². The molecule has 0 bridgehead atoms. The fourth-order valence-corrected chi connectivity index (χ4v) is 8.35. The SMILES string of the molecule is CCC(C)[C@@H](C(=O)Nc1ccccc1[C@H](CCc1ccc(-c2ccccn2)cc1)[C@@H](O)CCNC(=O)[C@@H](NC(=O)O)C(C)(C)C)N1CC(=O)N(Cc2csc(C(C)C)n2)C1=O. The number of nitrogens with zero attached hydrogens (tertiary/aromatic N) is 4. The van der Waals surface area contributed by atoms with Crippen LogP contribution in [0, 0.1) is 11.3 Å². The van der Waals surface area contributed by atoms with E-state index in [9.17, 15) is 34.2 Å². The van der Waals surface area contributed by atoms with Crippen molar-refractivity contribution in [1.82, 2.24) is 30.4 Å². The molecule has 1 aliphatic rings. The van der Waals surface area contributed by atoms with E-state index in [4.69, 9.17) is 0 Å². The lowest BCUT2D eigenvalue weighted by molar-refractivity contribution is -0.127. The summed E-state index contributed by atoms with van der Waals surface area (Å²) in [6.45, 7) is 13.0. The molecule has 14 nitrogen and oxygen atoms in total. The number of para-hydroxylation sites is 1. The molecule has 0 saturated carbocycles. The predicted molar refractivity (Wildman–Crippen MR) is 236 cm³/mol. The molecule has 3 heterocycles. The molecular weight excluding hydrogens is 795 g/mol. The predicted octanol–water partition coefficient (Wildman–Crippen LogP) is 7.41. The van der Waals surface area contributed by atoms with Gasteiger partial charge in [0, 0.05) is 41.2 Å². The number of thiazole rings is 1. The Kier molecular flexibility index (Phi) is 15.8. The van der Waals surface area contributed by atoms with Crippen molar-refractivity contribution in [3.63, 3.8) is 0 Å². The summed E-state index contributed by atoms with van der Waals surface area (Å²) in [7, 11) is 0. The quantitative estimate of drug-likeness (QED) is 0.0597. The largest absolute Gasteiger partial charge is 0.465 e. The van der Waals surface area contributed by atoms with Crippen LogP contribution in [0.4, 0.5) is 15.3 Å². The molecule has 5 atom stereocenters. The number of urea groups is 1. The van der Waals surface area contributed by atoms with Crippen LogP contribution >= 0.6 is 11.3 Å². The van der Waals surface area contributed by atoms with Crippen LogP contribution in [0.25, 0.3) is 11.3 Å². The van der Waals surface area contributed by atoms with Crippen LogP contribution in [0.3, 0.4) is 0 Å². The highest BCUT2D eigenvalue weighted by atomic mass is 32.1. The standard InChI is InChI=1S/C46H59N7O7S/c1-8-29(4)39(53-26-38(55)52(45(53)60)25-32-27-61-43(49-32)28(2)3)41(56)50-36-15-10-9-13-33(36)34(21-18-30-16-19-31(20-17-30)35-14-11-12-23-47-35)37(54)22-24-48-42(57)40(46(5,6)7)51-44(58)59/h9-17,19-20,23,27-29,34,37,39-40,51,54H,8,18,21-22,24-26H2,1-7H3,(H,48,57)(H,50,56)(H,58,59)/t29?,34-,37-,39-,40+/m0/s1. The van der Waals surface area contributed by atoms with E-state index < -0.39 is 59.4 Å². The van der Waals surface area contributed by atoms with Gasteiger partial charge >= 0.3 is 12.1 Å². The maximum Gasteiger partial charge on any atom is 0.405 e. The van der Waals surface area contributed by atoms with E-state index in [0.29, 0.717) is 36.2 Å². The van der Waals surface area contributed by atoms with Gasteiger partial charge in [0.15, 0.2) is 0 Å². The molecule has 15 heteroatoms. The Hall–Kier alpha value is -5.67. The molecule has 0 radical (unpaired) electrons. The smallest absolute Gasteiger partial charge is 0.405 e. The molecule has 0 spiro atoms. The number of carbonyl (C=O) groups is 5. The molecule has 1 fully saturated rings. The van der Waals surface area contributed by atoms with Gasteiger partial charge in [-0.15, -0.1) is 11.3 Å². The lowest BCUT2D eigenvalue weighted by Crippen LogP contribution is -2.53. The first-order valence-corrected chi connectivity index (χ1v) is 21.8. The number of imide groups is 1. The van der Waals surface area contributed by atoms with Crippen molar-refractivity contribution in [3.05, 3.63) is 100 Å². The van der Waals surface area contributed by atoms with E-state index in [1.54, 1.807) is 39.1 Å². The minimum absolute atomic E-state index is 0.0217. The first-order valence-electron chi connectivity index (χ1n) is 20.9. The number of benzene rings is 2. The van der Waals surface area contributed by atoms with Crippen molar-refractivity contribution in [1.29, 1.82) is 0 Å². The normalized spacial score (nSPS) is 15.6. The van der Waals surface area contributed by atoms with E-state index >= 15 is 0 Å². The van der Waals surface area contributed by atoms with Crippen molar-refractivity contribution in [2.75, 3.05) is 18.4 Å². The molecule has 2 aromatic carbocycles. The van der Waals surface area contributed by atoms with Gasteiger partial charge in [0.05, 0.1) is 29.0 Å². The number of carbonyl (C=O) groups excluding carboxylic acids is 4. The van der Waals surface area contributed by atoms with E-state index in [2.05, 4.69) is 25.9 Å². The molecule has 2 aromatic heterocycles. The minimum atomic E-state index is -1.31. The van der Waals surface area contributed by atoms with Crippen LogP contribution < -0.4 is 16.0 Å². The first-order chi connectivity index (χ1) is 29.0. The number of nitrogens with one attached hydrogen (secondary N) is 3. The van der Waals surface area contributed by atoms with Gasteiger partial charge in [-0.25, -0.2) is 14.6 Å². The van der Waals surface area contributed by atoms with Crippen LogP contribution in [0.15, 0.2) is 78.3 Å². The van der Waals surface area contributed by atoms with Crippen molar-refractivity contribution in [2.24, 2.45) is 11.3 Å². The summed E-state index contributed by atoms with van der Waals surface area (Å²) in [6.07, 6.45) is 1.17. The average Bonchev–Trinajstić information content (AvgIpc) is 3.81. The van der Waals surface area contributed by atoms with Crippen molar-refractivity contribution >= 4 is 46.9 Å². The summed E-state index contributed by atoms with van der Waals surface area (Å²) in [5, 5.41) is 32.2. The van der Waals surface area contributed by atoms with Crippen molar-refractivity contribution < 1.29 is 34.2 Å². The second-order valence-corrected chi connectivity index (χ2v) is 18.0. The average molecular weight is 854 g/mol. The number of amides is 6. The van der Waals surface area contributed by atoms with Crippen LogP contribution in [0.1, 0.15) is 101 Å². The van der Waals surface area contributed by atoms with Gasteiger partial charge in [-0.1, -0.05) is 103 Å². The van der Waals surface area contributed by atoms with Gasteiger partial charge in [0.25, 0.3) is 5.91 Å². The van der Waals surface area contributed by atoms with Crippen LogP contribution in [0.2, 0.25) is 0 Å². The van der Waals surface area contributed by atoms with Gasteiger partial charge in [-0.3, -0.25) is 24.3 Å². The maximum atomic E-state index is 14.4. The number of aryl methyl sites for hydroxylation is 1. The fourth-order valence-electron chi connectivity index (χ4n) is 7.53. The zero-order chi connectivity index (χ0) is 44.4. The number of carboxylic acid groups (broad SMARTS) is 1. The van der Waals surface area contributed by atoms with Gasteiger partial charge in [0.1, 0.15) is 18.6 Å². The Morgan fingerprint density at radius 1 is 0.934 bits per heavy atom. The van der Waals surface area contributed by atoms with E-state index in [1.807, 2.05) is 87.7 Å². The monoisotopic (exact) mass is 853 g/mol. The summed E-state index contributed by atoms with van der Waals surface area (Å²) >= 11 is 1.48. The van der Waals surface area contributed by atoms with Crippen molar-refractivity contribution in [2.45, 2.75) is 111 Å². The van der Waals surface area contributed by atoms with Crippen LogP contribution in [-0.2, 0) is 27.3 Å². The Morgan fingerprint density at radius 3 is 2.26 bits per heavy atom. The third-order valence-electron chi connectivity index (χ3n) is 11.1. The number of rotatable bonds is 19. The minimum Gasteiger partial charge on any atom is -0.465 e.